The van der Waals surface area contributed by atoms with Crippen LogP contribution in [-0.2, 0) is 6.42 Å². The topological polar surface area (TPSA) is 62.6 Å². The molecule has 2 aromatic carbocycles. The van der Waals surface area contributed by atoms with Crippen LogP contribution in [0.2, 0.25) is 0 Å². The molecule has 3 rings (SSSR count). The molecule has 0 saturated carbocycles. The monoisotopic (exact) mass is 364 g/mol. The van der Waals surface area contributed by atoms with E-state index in [0.29, 0.717) is 17.5 Å². The number of nitrogens with zero attached hydrogens (tertiary/aromatic N) is 1. The highest BCUT2D eigenvalue weighted by atomic mass is 16.3. The molecule has 27 heavy (non-hydrogen) atoms. The van der Waals surface area contributed by atoms with Gasteiger partial charge in [0.25, 0.3) is 5.91 Å². The Balaban J connectivity index is 1.80. The van der Waals surface area contributed by atoms with Gasteiger partial charge in [-0.15, -0.1) is 0 Å². The summed E-state index contributed by atoms with van der Waals surface area (Å²) in [5.74, 6) is -0.362. The minimum Gasteiger partial charge on any atom is -0.451 e. The van der Waals surface area contributed by atoms with Gasteiger partial charge < -0.3 is 14.6 Å². The highest BCUT2D eigenvalue weighted by Gasteiger charge is 2.17. The zero-order chi connectivity index (χ0) is 19.4. The molecule has 5 nitrogen and oxygen atoms in total. The van der Waals surface area contributed by atoms with Gasteiger partial charge in [0.1, 0.15) is 5.58 Å². The average Bonchev–Trinajstić information content (AvgIpc) is 2.68. The summed E-state index contributed by atoms with van der Waals surface area (Å²) in [6.45, 7) is 2.44. The lowest BCUT2D eigenvalue weighted by atomic mass is 10.1. The Bertz CT molecular complexity index is 993. The van der Waals surface area contributed by atoms with Crippen molar-refractivity contribution in [3.63, 3.8) is 0 Å². The Morgan fingerprint density at radius 2 is 1.85 bits per heavy atom. The fourth-order valence-corrected chi connectivity index (χ4v) is 3.09. The molecular weight excluding hydrogens is 340 g/mol. The largest absolute Gasteiger partial charge is 0.451 e. The zero-order valence-electron chi connectivity index (χ0n) is 15.9. The quantitative estimate of drug-likeness (QED) is 0.728. The Morgan fingerprint density at radius 1 is 1.11 bits per heavy atom. The second-order valence-corrected chi connectivity index (χ2v) is 6.76. The third-order valence-electron chi connectivity index (χ3n) is 4.69. The van der Waals surface area contributed by atoms with Gasteiger partial charge in [0, 0.05) is 12.6 Å². The summed E-state index contributed by atoms with van der Waals surface area (Å²) < 4.78 is 5.68. The highest BCUT2D eigenvalue weighted by molar-refractivity contribution is 5.93. The van der Waals surface area contributed by atoms with Crippen LogP contribution in [-0.4, -0.2) is 31.4 Å². The number of nitrogens with one attached hydrogen (secondary N) is 1. The predicted octanol–water partition coefficient (Wildman–Crippen LogP) is 3.39. The Morgan fingerprint density at radius 3 is 2.52 bits per heavy atom. The maximum Gasteiger partial charge on any atom is 0.287 e. The van der Waals surface area contributed by atoms with E-state index in [0.717, 1.165) is 17.5 Å². The van der Waals surface area contributed by atoms with Gasteiger partial charge in [-0.3, -0.25) is 9.59 Å². The Hall–Kier alpha value is -2.92. The molecule has 140 valence electrons. The van der Waals surface area contributed by atoms with Crippen LogP contribution in [0.1, 0.15) is 34.6 Å². The first-order valence-corrected chi connectivity index (χ1v) is 9.06. The standard InChI is InChI=1S/C22H24N2O3/c1-4-15-10-11-20-17(12-15)19(25)13-21(27-20)22(26)23-14-18(24(2)3)16-8-6-5-7-9-16/h5-13,18H,4,14H2,1-3H3,(H,23,26)/t18-/m0/s1. The first-order valence-electron chi connectivity index (χ1n) is 9.06. The van der Waals surface area contributed by atoms with Gasteiger partial charge in [0.2, 0.25) is 0 Å². The van der Waals surface area contributed by atoms with Crippen molar-refractivity contribution in [3.05, 3.63) is 81.7 Å². The number of likely N-dealkylation sites (N-methyl/N-ethyl adjacent to an activating group) is 1. The van der Waals surface area contributed by atoms with E-state index in [1.807, 2.05) is 68.4 Å². The lowest BCUT2D eigenvalue weighted by Crippen LogP contribution is -2.34. The first kappa shape index (κ1) is 18.9. The van der Waals surface area contributed by atoms with Gasteiger partial charge in [-0.2, -0.15) is 0 Å². The van der Waals surface area contributed by atoms with E-state index in [9.17, 15) is 9.59 Å². The van der Waals surface area contributed by atoms with Crippen LogP contribution in [0.5, 0.6) is 0 Å². The second kappa shape index (κ2) is 8.18. The number of benzene rings is 2. The summed E-state index contributed by atoms with van der Waals surface area (Å²) in [5, 5.41) is 3.38. The third-order valence-corrected chi connectivity index (χ3v) is 4.69. The van der Waals surface area contributed by atoms with Gasteiger partial charge in [-0.05, 0) is 43.8 Å². The maximum absolute atomic E-state index is 12.6. The van der Waals surface area contributed by atoms with Crippen LogP contribution in [0.25, 0.3) is 11.0 Å². The SMILES string of the molecule is CCc1ccc2oc(C(=O)NC[C@@H](c3ccccc3)N(C)C)cc(=O)c2c1. The average molecular weight is 364 g/mol. The molecule has 0 radical (unpaired) electrons. The number of amides is 1. The Kier molecular flexibility index (Phi) is 5.72. The van der Waals surface area contributed by atoms with Crippen LogP contribution in [0.4, 0.5) is 0 Å². The maximum atomic E-state index is 12.6. The van der Waals surface area contributed by atoms with Crippen molar-refractivity contribution in [2.24, 2.45) is 0 Å². The normalized spacial score (nSPS) is 12.3. The molecule has 0 unspecified atom stereocenters. The number of carbonyl (C=O) groups excluding carboxylic acids is 1. The minimum absolute atomic E-state index is 0.0226. The van der Waals surface area contributed by atoms with Crippen LogP contribution in [0.15, 0.2) is 63.8 Å². The summed E-state index contributed by atoms with van der Waals surface area (Å²) >= 11 is 0. The minimum atomic E-state index is -0.392. The van der Waals surface area contributed by atoms with E-state index in [-0.39, 0.29) is 17.2 Å². The predicted molar refractivity (Wildman–Crippen MR) is 107 cm³/mol. The number of rotatable bonds is 6. The van der Waals surface area contributed by atoms with Crippen LogP contribution >= 0.6 is 0 Å². The van der Waals surface area contributed by atoms with Gasteiger partial charge >= 0.3 is 0 Å². The van der Waals surface area contributed by atoms with E-state index < -0.39 is 5.91 Å². The smallest absolute Gasteiger partial charge is 0.287 e. The molecule has 1 atom stereocenters. The zero-order valence-corrected chi connectivity index (χ0v) is 15.9. The van der Waals surface area contributed by atoms with Crippen molar-refractivity contribution in [3.8, 4) is 0 Å². The second-order valence-electron chi connectivity index (χ2n) is 6.76. The molecule has 1 N–H and O–H groups in total. The summed E-state index contributed by atoms with van der Waals surface area (Å²) in [6.07, 6.45) is 0.836. The summed E-state index contributed by atoms with van der Waals surface area (Å²) in [6, 6.07) is 16.7. The molecule has 0 bridgehead atoms. The van der Waals surface area contributed by atoms with Crippen molar-refractivity contribution in [2.75, 3.05) is 20.6 Å². The molecule has 3 aromatic rings. The molecule has 0 aliphatic carbocycles. The highest BCUT2D eigenvalue weighted by Crippen LogP contribution is 2.18. The van der Waals surface area contributed by atoms with E-state index in [4.69, 9.17) is 4.42 Å². The summed E-state index contributed by atoms with van der Waals surface area (Å²) in [5.41, 5.74) is 2.39. The summed E-state index contributed by atoms with van der Waals surface area (Å²) in [4.78, 5) is 27.0. The van der Waals surface area contributed by atoms with E-state index in [1.165, 1.54) is 6.07 Å². The number of aryl methyl sites for hydroxylation is 1. The molecule has 1 amide bonds. The van der Waals surface area contributed by atoms with Crippen molar-refractivity contribution in [1.29, 1.82) is 0 Å². The number of hydrogen-bond acceptors (Lipinski definition) is 4. The third kappa shape index (κ3) is 4.26. The molecule has 1 heterocycles. The van der Waals surface area contributed by atoms with Gasteiger partial charge in [0.15, 0.2) is 11.2 Å². The van der Waals surface area contributed by atoms with Gasteiger partial charge in [-0.1, -0.05) is 43.3 Å². The Labute approximate surface area is 158 Å². The number of carbonyl (C=O) groups is 1. The van der Waals surface area contributed by atoms with Gasteiger partial charge in [0.05, 0.1) is 11.4 Å². The first-order chi connectivity index (χ1) is 13.0. The molecule has 0 saturated heterocycles. The van der Waals surface area contributed by atoms with Crippen LogP contribution in [0.3, 0.4) is 0 Å². The van der Waals surface area contributed by atoms with E-state index >= 15 is 0 Å². The fraction of sp³-hybridized carbons (Fsp3) is 0.273. The summed E-state index contributed by atoms with van der Waals surface area (Å²) in [7, 11) is 3.93. The fourth-order valence-electron chi connectivity index (χ4n) is 3.09. The lowest BCUT2D eigenvalue weighted by Gasteiger charge is -2.25. The van der Waals surface area contributed by atoms with Crippen molar-refractivity contribution in [2.45, 2.75) is 19.4 Å². The lowest BCUT2D eigenvalue weighted by molar-refractivity contribution is 0.0914. The molecular formula is C22H24N2O3. The van der Waals surface area contributed by atoms with Crippen molar-refractivity contribution in [1.82, 2.24) is 10.2 Å². The van der Waals surface area contributed by atoms with Crippen LogP contribution in [0, 0.1) is 0 Å². The molecule has 0 aliphatic heterocycles. The molecule has 0 spiro atoms. The number of fused-ring (bicyclic) bond motifs is 1. The van der Waals surface area contributed by atoms with E-state index in [1.54, 1.807) is 6.07 Å². The van der Waals surface area contributed by atoms with Crippen LogP contribution < -0.4 is 10.7 Å². The molecule has 5 heteroatoms. The van der Waals surface area contributed by atoms with Crippen molar-refractivity contribution < 1.29 is 9.21 Å². The van der Waals surface area contributed by atoms with Gasteiger partial charge in [-0.25, -0.2) is 0 Å². The van der Waals surface area contributed by atoms with E-state index in [2.05, 4.69) is 5.32 Å². The molecule has 0 fully saturated rings. The molecule has 0 aliphatic rings. The number of hydrogen-bond donors (Lipinski definition) is 1. The van der Waals surface area contributed by atoms with Crippen molar-refractivity contribution >= 4 is 16.9 Å². The molecule has 1 aromatic heterocycles.